The molecule has 23 heavy (non-hydrogen) atoms. The second kappa shape index (κ2) is 5.29. The largest absolute Gasteiger partial charge is 0.369 e. The summed E-state index contributed by atoms with van der Waals surface area (Å²) in [6, 6.07) is 4.74. The molecule has 0 aliphatic carbocycles. The van der Waals surface area contributed by atoms with E-state index in [1.807, 2.05) is 0 Å². The summed E-state index contributed by atoms with van der Waals surface area (Å²) in [4.78, 5) is 16.2. The van der Waals surface area contributed by atoms with Crippen LogP contribution < -0.4 is 16.3 Å². The monoisotopic (exact) mass is 335 g/mol. The van der Waals surface area contributed by atoms with Gasteiger partial charge in [-0.05, 0) is 18.2 Å². The van der Waals surface area contributed by atoms with E-state index >= 15 is 0 Å². The summed E-state index contributed by atoms with van der Waals surface area (Å²) in [5, 5.41) is 6.96. The van der Waals surface area contributed by atoms with Gasteiger partial charge in [0, 0.05) is 44.7 Å². The van der Waals surface area contributed by atoms with Crippen molar-refractivity contribution in [1.82, 2.24) is 19.2 Å². The van der Waals surface area contributed by atoms with Gasteiger partial charge in [0.2, 0.25) is 10.0 Å². The van der Waals surface area contributed by atoms with E-state index in [9.17, 15) is 13.2 Å². The molecule has 1 aromatic heterocycles. The molecule has 0 bridgehead atoms. The first kappa shape index (κ1) is 14.6. The van der Waals surface area contributed by atoms with E-state index in [-0.39, 0.29) is 10.6 Å². The molecule has 2 aliphatic rings. The van der Waals surface area contributed by atoms with Gasteiger partial charge in [-0.2, -0.15) is 9.29 Å². The lowest BCUT2D eigenvalue weighted by Gasteiger charge is -2.26. The van der Waals surface area contributed by atoms with Crippen LogP contribution in [-0.4, -0.2) is 55.0 Å². The van der Waals surface area contributed by atoms with Crippen LogP contribution in [-0.2, 0) is 16.6 Å². The second-order valence-corrected chi connectivity index (χ2v) is 7.59. The number of piperazine rings is 1. The van der Waals surface area contributed by atoms with E-state index < -0.39 is 10.0 Å². The van der Waals surface area contributed by atoms with Crippen molar-refractivity contribution in [3.05, 3.63) is 28.7 Å². The highest BCUT2D eigenvalue weighted by Gasteiger charge is 2.27. The Morgan fingerprint density at radius 1 is 1.09 bits per heavy atom. The summed E-state index contributed by atoms with van der Waals surface area (Å²) >= 11 is 0. The Bertz CT molecular complexity index is 931. The van der Waals surface area contributed by atoms with Gasteiger partial charge in [0.05, 0.1) is 10.4 Å². The molecule has 122 valence electrons. The summed E-state index contributed by atoms with van der Waals surface area (Å²) in [5.41, 5.74) is 0.199. The maximum atomic E-state index is 12.8. The Morgan fingerprint density at radius 2 is 1.87 bits per heavy atom. The minimum atomic E-state index is -3.53. The molecule has 2 aliphatic heterocycles. The van der Waals surface area contributed by atoms with Gasteiger partial charge in [-0.1, -0.05) is 0 Å². The first-order chi connectivity index (χ1) is 11.1. The van der Waals surface area contributed by atoms with Gasteiger partial charge in [0.25, 0.3) is 0 Å². The molecule has 3 heterocycles. The SMILES string of the molecule is O=c1nc2ccc(S(=O)(=O)N3CCNCC3)cc2c2n1CCN2. The van der Waals surface area contributed by atoms with Gasteiger partial charge in [0.15, 0.2) is 0 Å². The third kappa shape index (κ3) is 2.32. The lowest BCUT2D eigenvalue weighted by atomic mass is 10.2. The van der Waals surface area contributed by atoms with Crippen molar-refractivity contribution in [3.63, 3.8) is 0 Å². The van der Waals surface area contributed by atoms with Crippen molar-refractivity contribution < 1.29 is 8.42 Å². The molecule has 0 atom stereocenters. The standard InChI is InChI=1S/C14H17N5O3S/c20-14-17-12-2-1-10(9-11(12)13-16-5-8-19(13)14)23(21,22)18-6-3-15-4-7-18/h1-2,9,15-16H,3-8H2. The molecule has 1 saturated heterocycles. The lowest BCUT2D eigenvalue weighted by Crippen LogP contribution is -2.46. The number of rotatable bonds is 2. The topological polar surface area (TPSA) is 96.3 Å². The number of sulfonamides is 1. The zero-order valence-electron chi connectivity index (χ0n) is 12.4. The highest BCUT2D eigenvalue weighted by molar-refractivity contribution is 7.89. The average Bonchev–Trinajstić information content (AvgIpc) is 3.06. The predicted molar refractivity (Wildman–Crippen MR) is 86.1 cm³/mol. The van der Waals surface area contributed by atoms with Gasteiger partial charge >= 0.3 is 5.69 Å². The maximum Gasteiger partial charge on any atom is 0.349 e. The van der Waals surface area contributed by atoms with Crippen molar-refractivity contribution >= 4 is 26.7 Å². The minimum Gasteiger partial charge on any atom is -0.369 e. The molecule has 1 aromatic carbocycles. The number of hydrogen-bond donors (Lipinski definition) is 2. The molecule has 8 nitrogen and oxygen atoms in total. The maximum absolute atomic E-state index is 12.8. The van der Waals surface area contributed by atoms with E-state index in [1.165, 1.54) is 10.4 Å². The molecule has 0 radical (unpaired) electrons. The highest BCUT2D eigenvalue weighted by Crippen LogP contribution is 2.27. The molecular weight excluding hydrogens is 318 g/mol. The molecule has 0 unspecified atom stereocenters. The van der Waals surface area contributed by atoms with E-state index in [4.69, 9.17) is 0 Å². The van der Waals surface area contributed by atoms with Crippen LogP contribution in [0.15, 0.2) is 27.9 Å². The quantitative estimate of drug-likeness (QED) is 0.762. The van der Waals surface area contributed by atoms with Crippen LogP contribution in [0.3, 0.4) is 0 Å². The predicted octanol–water partition coefficient (Wildman–Crippen LogP) is -0.584. The minimum absolute atomic E-state index is 0.240. The molecule has 0 saturated carbocycles. The Hall–Kier alpha value is -1.97. The molecule has 2 aromatic rings. The fraction of sp³-hybridized carbons (Fsp3) is 0.429. The van der Waals surface area contributed by atoms with Crippen LogP contribution in [0, 0.1) is 0 Å². The summed E-state index contributed by atoms with van der Waals surface area (Å²) < 4.78 is 28.6. The number of nitrogens with one attached hydrogen (secondary N) is 2. The summed E-state index contributed by atoms with van der Waals surface area (Å²) in [7, 11) is -3.53. The van der Waals surface area contributed by atoms with Gasteiger partial charge < -0.3 is 10.6 Å². The lowest BCUT2D eigenvalue weighted by molar-refractivity contribution is 0.360. The molecule has 1 fully saturated rings. The van der Waals surface area contributed by atoms with Crippen molar-refractivity contribution in [3.8, 4) is 0 Å². The molecule has 0 spiro atoms. The van der Waals surface area contributed by atoms with Crippen LogP contribution in [0.25, 0.3) is 10.9 Å². The van der Waals surface area contributed by atoms with E-state index in [0.717, 1.165) is 0 Å². The van der Waals surface area contributed by atoms with E-state index in [0.29, 0.717) is 56.0 Å². The van der Waals surface area contributed by atoms with Gasteiger partial charge in [0.1, 0.15) is 5.82 Å². The third-order valence-electron chi connectivity index (χ3n) is 4.28. The first-order valence-corrected chi connectivity index (χ1v) is 9.01. The van der Waals surface area contributed by atoms with E-state index in [2.05, 4.69) is 15.6 Å². The van der Waals surface area contributed by atoms with Crippen LogP contribution >= 0.6 is 0 Å². The number of aromatic nitrogens is 2. The first-order valence-electron chi connectivity index (χ1n) is 7.57. The Kier molecular flexibility index (Phi) is 3.36. The van der Waals surface area contributed by atoms with Crippen molar-refractivity contribution in [2.45, 2.75) is 11.4 Å². The number of benzene rings is 1. The van der Waals surface area contributed by atoms with Gasteiger partial charge in [-0.25, -0.2) is 13.2 Å². The Morgan fingerprint density at radius 3 is 2.65 bits per heavy atom. The zero-order chi connectivity index (χ0) is 16.0. The summed E-state index contributed by atoms with van der Waals surface area (Å²) in [6.45, 7) is 3.42. The van der Waals surface area contributed by atoms with Crippen LogP contribution in [0.1, 0.15) is 0 Å². The number of anilines is 1. The second-order valence-electron chi connectivity index (χ2n) is 5.65. The smallest absolute Gasteiger partial charge is 0.349 e. The number of nitrogens with zero attached hydrogens (tertiary/aromatic N) is 3. The fourth-order valence-electron chi connectivity index (χ4n) is 3.09. The van der Waals surface area contributed by atoms with Crippen LogP contribution in [0.2, 0.25) is 0 Å². The van der Waals surface area contributed by atoms with Crippen LogP contribution in [0.5, 0.6) is 0 Å². The van der Waals surface area contributed by atoms with Gasteiger partial charge in [-0.15, -0.1) is 0 Å². The fourth-order valence-corrected chi connectivity index (χ4v) is 4.55. The third-order valence-corrected chi connectivity index (χ3v) is 6.18. The van der Waals surface area contributed by atoms with Gasteiger partial charge in [-0.3, -0.25) is 4.57 Å². The number of hydrogen-bond acceptors (Lipinski definition) is 6. The normalized spacial score (nSPS) is 18.8. The zero-order valence-corrected chi connectivity index (χ0v) is 13.3. The molecule has 0 amide bonds. The van der Waals surface area contributed by atoms with Crippen LogP contribution in [0.4, 0.5) is 5.82 Å². The van der Waals surface area contributed by atoms with Crippen molar-refractivity contribution in [2.24, 2.45) is 0 Å². The Labute approximate surface area is 133 Å². The molecule has 9 heteroatoms. The average molecular weight is 335 g/mol. The summed E-state index contributed by atoms with van der Waals surface area (Å²) in [6.07, 6.45) is 0. The molecule has 2 N–H and O–H groups in total. The molecular formula is C14H17N5O3S. The van der Waals surface area contributed by atoms with Crippen molar-refractivity contribution in [1.29, 1.82) is 0 Å². The molecule has 4 rings (SSSR count). The van der Waals surface area contributed by atoms with E-state index in [1.54, 1.807) is 16.7 Å². The highest BCUT2D eigenvalue weighted by atomic mass is 32.2. The van der Waals surface area contributed by atoms with Crippen molar-refractivity contribution in [2.75, 3.05) is 38.0 Å². The number of fused-ring (bicyclic) bond motifs is 3. The Balaban J connectivity index is 1.86. The summed E-state index contributed by atoms with van der Waals surface area (Å²) in [5.74, 6) is 0.650.